The summed E-state index contributed by atoms with van der Waals surface area (Å²) >= 11 is 0. The number of carbonyl (C=O) groups excluding carboxylic acids is 2. The number of hydrogen-bond donors (Lipinski definition) is 1. The SMILES string of the molecule is C[C@@H](NC1CC(=O)N(C)C1=O)C1CCCC1. The topological polar surface area (TPSA) is 49.4 Å². The van der Waals surface area contributed by atoms with Gasteiger partial charge in [0.25, 0.3) is 0 Å². The molecule has 0 aromatic carbocycles. The van der Waals surface area contributed by atoms with Crippen molar-refractivity contribution in [2.75, 3.05) is 7.05 Å². The fourth-order valence-corrected chi connectivity index (χ4v) is 2.80. The van der Waals surface area contributed by atoms with E-state index in [4.69, 9.17) is 0 Å². The van der Waals surface area contributed by atoms with Crippen molar-refractivity contribution in [2.45, 2.75) is 51.1 Å². The Morgan fingerprint density at radius 2 is 1.94 bits per heavy atom. The fraction of sp³-hybridized carbons (Fsp3) is 0.833. The molecule has 1 aliphatic carbocycles. The van der Waals surface area contributed by atoms with Crippen molar-refractivity contribution in [3.63, 3.8) is 0 Å². The molecule has 1 saturated carbocycles. The number of nitrogens with one attached hydrogen (secondary N) is 1. The number of amides is 2. The molecule has 1 saturated heterocycles. The third kappa shape index (κ3) is 2.12. The number of likely N-dealkylation sites (N-methyl/N-ethyl adjacent to an activating group) is 1. The van der Waals surface area contributed by atoms with Crippen molar-refractivity contribution in [1.29, 1.82) is 0 Å². The van der Waals surface area contributed by atoms with Crippen LogP contribution in [0.4, 0.5) is 0 Å². The molecule has 0 radical (unpaired) electrons. The molecule has 1 N–H and O–H groups in total. The molecule has 2 atom stereocenters. The van der Waals surface area contributed by atoms with E-state index in [1.165, 1.54) is 30.6 Å². The second kappa shape index (κ2) is 4.53. The minimum atomic E-state index is -0.284. The van der Waals surface area contributed by atoms with Gasteiger partial charge in [-0.2, -0.15) is 0 Å². The van der Waals surface area contributed by atoms with E-state index >= 15 is 0 Å². The maximum atomic E-state index is 11.7. The Hall–Kier alpha value is -0.900. The van der Waals surface area contributed by atoms with Crippen molar-refractivity contribution in [2.24, 2.45) is 5.92 Å². The molecule has 0 aromatic heterocycles. The van der Waals surface area contributed by atoms with Gasteiger partial charge in [0, 0.05) is 13.1 Å². The summed E-state index contributed by atoms with van der Waals surface area (Å²) < 4.78 is 0. The van der Waals surface area contributed by atoms with Crippen molar-refractivity contribution < 1.29 is 9.59 Å². The summed E-state index contributed by atoms with van der Waals surface area (Å²) in [6, 6.07) is 0.0591. The number of hydrogen-bond acceptors (Lipinski definition) is 3. The molecule has 2 fully saturated rings. The van der Waals surface area contributed by atoms with E-state index in [1.807, 2.05) is 0 Å². The molecule has 2 amide bonds. The first kappa shape index (κ1) is 11.6. The first-order valence-electron chi connectivity index (χ1n) is 6.16. The van der Waals surface area contributed by atoms with Gasteiger partial charge in [-0.15, -0.1) is 0 Å². The van der Waals surface area contributed by atoms with Gasteiger partial charge in [0.1, 0.15) is 0 Å². The molecule has 1 unspecified atom stereocenters. The summed E-state index contributed by atoms with van der Waals surface area (Å²) in [4.78, 5) is 24.3. The monoisotopic (exact) mass is 224 g/mol. The van der Waals surface area contributed by atoms with Gasteiger partial charge >= 0.3 is 0 Å². The predicted octanol–water partition coefficient (Wildman–Crippen LogP) is 0.912. The van der Waals surface area contributed by atoms with Crippen LogP contribution in [0.25, 0.3) is 0 Å². The van der Waals surface area contributed by atoms with Gasteiger partial charge in [-0.05, 0) is 25.7 Å². The van der Waals surface area contributed by atoms with E-state index in [2.05, 4.69) is 12.2 Å². The van der Waals surface area contributed by atoms with Crippen molar-refractivity contribution >= 4 is 11.8 Å². The van der Waals surface area contributed by atoms with Crippen LogP contribution in [0.2, 0.25) is 0 Å². The molecule has 1 aliphatic heterocycles. The van der Waals surface area contributed by atoms with Crippen molar-refractivity contribution in [1.82, 2.24) is 10.2 Å². The summed E-state index contributed by atoms with van der Waals surface area (Å²) in [6.07, 6.45) is 5.42. The molecular formula is C12H20N2O2. The molecule has 0 bridgehead atoms. The average Bonchev–Trinajstić information content (AvgIpc) is 2.85. The average molecular weight is 224 g/mol. The molecule has 2 rings (SSSR count). The van der Waals surface area contributed by atoms with E-state index in [0.717, 1.165) is 0 Å². The summed E-state index contributed by atoms with van der Waals surface area (Å²) in [5.74, 6) is 0.532. The van der Waals surface area contributed by atoms with Gasteiger partial charge < -0.3 is 5.32 Å². The predicted molar refractivity (Wildman–Crippen MR) is 60.7 cm³/mol. The molecule has 16 heavy (non-hydrogen) atoms. The maximum absolute atomic E-state index is 11.7. The second-order valence-corrected chi connectivity index (χ2v) is 5.05. The first-order chi connectivity index (χ1) is 7.59. The summed E-state index contributed by atoms with van der Waals surface area (Å²) in [5.41, 5.74) is 0. The van der Waals surface area contributed by atoms with Crippen LogP contribution in [0.5, 0.6) is 0 Å². The second-order valence-electron chi connectivity index (χ2n) is 5.05. The van der Waals surface area contributed by atoms with Crippen LogP contribution in [0.3, 0.4) is 0 Å². The highest BCUT2D eigenvalue weighted by atomic mass is 16.2. The van der Waals surface area contributed by atoms with Gasteiger partial charge in [-0.25, -0.2) is 0 Å². The van der Waals surface area contributed by atoms with Crippen molar-refractivity contribution in [3.05, 3.63) is 0 Å². The highest BCUT2D eigenvalue weighted by Crippen LogP contribution is 2.28. The number of carbonyl (C=O) groups is 2. The number of imide groups is 1. The molecular weight excluding hydrogens is 204 g/mol. The lowest BCUT2D eigenvalue weighted by atomic mass is 9.99. The Balaban J connectivity index is 1.90. The summed E-state index contributed by atoms with van der Waals surface area (Å²) in [6.45, 7) is 2.13. The van der Waals surface area contributed by atoms with Crippen molar-refractivity contribution in [3.8, 4) is 0 Å². The van der Waals surface area contributed by atoms with E-state index in [9.17, 15) is 9.59 Å². The molecule has 90 valence electrons. The maximum Gasteiger partial charge on any atom is 0.246 e. The Morgan fingerprint density at radius 3 is 2.44 bits per heavy atom. The number of nitrogens with zero attached hydrogens (tertiary/aromatic N) is 1. The Kier molecular flexibility index (Phi) is 3.28. The van der Waals surface area contributed by atoms with Crippen LogP contribution in [-0.4, -0.2) is 35.8 Å². The lowest BCUT2D eigenvalue weighted by molar-refractivity contribution is -0.137. The minimum absolute atomic E-state index is 0.0684. The lowest BCUT2D eigenvalue weighted by Gasteiger charge is -2.23. The van der Waals surface area contributed by atoms with Crippen LogP contribution in [0.1, 0.15) is 39.0 Å². The van der Waals surface area contributed by atoms with Crippen LogP contribution in [0, 0.1) is 5.92 Å². The zero-order chi connectivity index (χ0) is 11.7. The molecule has 4 heteroatoms. The van der Waals surface area contributed by atoms with Gasteiger partial charge in [0.05, 0.1) is 12.5 Å². The summed E-state index contributed by atoms with van der Waals surface area (Å²) in [5, 5.41) is 3.32. The van der Waals surface area contributed by atoms with Crippen LogP contribution < -0.4 is 5.32 Å². The van der Waals surface area contributed by atoms with Gasteiger partial charge in [-0.1, -0.05) is 12.8 Å². The van der Waals surface area contributed by atoms with Crippen LogP contribution in [-0.2, 0) is 9.59 Å². The largest absolute Gasteiger partial charge is 0.303 e. The fourth-order valence-electron chi connectivity index (χ4n) is 2.80. The third-order valence-electron chi connectivity index (χ3n) is 3.95. The Morgan fingerprint density at radius 1 is 1.31 bits per heavy atom. The third-order valence-corrected chi connectivity index (χ3v) is 3.95. The van der Waals surface area contributed by atoms with Crippen LogP contribution in [0.15, 0.2) is 0 Å². The zero-order valence-corrected chi connectivity index (χ0v) is 10.0. The normalized spacial score (nSPS) is 29.1. The van der Waals surface area contributed by atoms with E-state index in [0.29, 0.717) is 18.4 Å². The first-order valence-corrected chi connectivity index (χ1v) is 6.16. The standard InChI is InChI=1S/C12H20N2O2/c1-8(9-5-3-4-6-9)13-10-7-11(15)14(2)12(10)16/h8-10,13H,3-7H2,1-2H3/t8-,10?/m1/s1. The molecule has 2 aliphatic rings. The highest BCUT2D eigenvalue weighted by molar-refractivity contribution is 6.05. The zero-order valence-electron chi connectivity index (χ0n) is 10.0. The minimum Gasteiger partial charge on any atom is -0.303 e. The molecule has 4 nitrogen and oxygen atoms in total. The quantitative estimate of drug-likeness (QED) is 0.725. The number of rotatable bonds is 3. The van der Waals surface area contributed by atoms with E-state index in [1.54, 1.807) is 7.05 Å². The Bertz CT molecular complexity index is 297. The van der Waals surface area contributed by atoms with Gasteiger partial charge in [0.15, 0.2) is 0 Å². The van der Waals surface area contributed by atoms with E-state index < -0.39 is 0 Å². The summed E-state index contributed by atoms with van der Waals surface area (Å²) in [7, 11) is 1.56. The highest BCUT2D eigenvalue weighted by Gasteiger charge is 2.37. The molecule has 1 heterocycles. The molecule has 0 aromatic rings. The molecule has 0 spiro atoms. The Labute approximate surface area is 96.4 Å². The smallest absolute Gasteiger partial charge is 0.246 e. The van der Waals surface area contributed by atoms with E-state index in [-0.39, 0.29) is 17.9 Å². The number of likely N-dealkylation sites (tertiary alicyclic amines) is 1. The van der Waals surface area contributed by atoms with Crippen LogP contribution >= 0.6 is 0 Å². The lowest BCUT2D eigenvalue weighted by Crippen LogP contribution is -2.44. The van der Waals surface area contributed by atoms with Gasteiger partial charge in [-0.3, -0.25) is 14.5 Å². The van der Waals surface area contributed by atoms with Gasteiger partial charge in [0.2, 0.25) is 11.8 Å².